The van der Waals surface area contributed by atoms with Gasteiger partial charge in [0.25, 0.3) is 5.69 Å². The minimum absolute atomic E-state index is 0.0103. The largest absolute Gasteiger partial charge is 0.372 e. The number of nitro benzene ring substituents is 1. The molecule has 0 atom stereocenters. The van der Waals surface area contributed by atoms with E-state index in [0.717, 1.165) is 12.3 Å². The Morgan fingerprint density at radius 1 is 1.28 bits per heavy atom. The van der Waals surface area contributed by atoms with Crippen LogP contribution in [0.5, 0.6) is 0 Å². The van der Waals surface area contributed by atoms with Gasteiger partial charge in [0, 0.05) is 44.6 Å². The van der Waals surface area contributed by atoms with E-state index in [0.29, 0.717) is 30.7 Å². The molecule has 0 bridgehead atoms. The molecule has 1 aromatic carbocycles. The predicted octanol–water partition coefficient (Wildman–Crippen LogP) is 1.73. The van der Waals surface area contributed by atoms with Crippen molar-refractivity contribution in [2.75, 3.05) is 38.5 Å². The minimum atomic E-state index is -3.88. The maximum atomic E-state index is 12.9. The highest BCUT2D eigenvalue weighted by Gasteiger charge is 2.29. The average molecular weight is 430 g/mol. The Hall–Kier alpha value is -2.64. The third kappa shape index (κ3) is 4.52. The van der Waals surface area contributed by atoms with Crippen LogP contribution in [0.2, 0.25) is 0 Å². The molecule has 10 nitrogen and oxygen atoms in total. The van der Waals surface area contributed by atoms with Crippen LogP contribution in [0.3, 0.4) is 0 Å². The summed E-state index contributed by atoms with van der Waals surface area (Å²) >= 11 is 0. The highest BCUT2D eigenvalue weighted by atomic mass is 32.2. The third-order valence-electron chi connectivity index (χ3n) is 4.66. The molecule has 1 saturated heterocycles. The number of benzene rings is 1. The maximum Gasteiger partial charge on any atom is 0.319 e. The van der Waals surface area contributed by atoms with Crippen molar-refractivity contribution >= 4 is 21.4 Å². The number of hydrogen-bond acceptors (Lipinski definition) is 7. The number of halogens is 2. The fraction of sp³-hybridized carbons (Fsp3) is 0.438. The molecular formula is C16H20F2N6O4S. The second-order valence-electron chi connectivity index (χ2n) is 6.53. The number of rotatable bonds is 7. The zero-order valence-electron chi connectivity index (χ0n) is 15.5. The molecule has 0 unspecified atom stereocenters. The van der Waals surface area contributed by atoms with E-state index in [9.17, 15) is 27.3 Å². The number of imidazole rings is 1. The molecule has 1 fully saturated rings. The number of sulfonamides is 1. The molecule has 2 heterocycles. The van der Waals surface area contributed by atoms with Gasteiger partial charge in [-0.2, -0.15) is 13.1 Å². The molecule has 13 heteroatoms. The Bertz CT molecular complexity index is 989. The number of anilines is 1. The molecule has 0 radical (unpaired) electrons. The van der Waals surface area contributed by atoms with E-state index in [-0.39, 0.29) is 23.0 Å². The smallest absolute Gasteiger partial charge is 0.319 e. The highest BCUT2D eigenvalue weighted by Crippen LogP contribution is 2.30. The van der Waals surface area contributed by atoms with Gasteiger partial charge < -0.3 is 10.2 Å². The number of likely N-dealkylation sites (N-methyl/N-ethyl adjacent to an activating group) is 1. The lowest BCUT2D eigenvalue weighted by Gasteiger charge is -2.31. The maximum absolute atomic E-state index is 12.9. The van der Waals surface area contributed by atoms with Gasteiger partial charge in [0.05, 0.1) is 16.4 Å². The molecule has 1 aliphatic rings. The second-order valence-corrected chi connectivity index (χ2v) is 8.46. The van der Waals surface area contributed by atoms with Gasteiger partial charge in [-0.25, -0.2) is 13.4 Å². The van der Waals surface area contributed by atoms with Crippen molar-refractivity contribution in [1.82, 2.24) is 18.8 Å². The van der Waals surface area contributed by atoms with Crippen LogP contribution in [0, 0.1) is 10.1 Å². The van der Waals surface area contributed by atoms with E-state index in [1.807, 2.05) is 11.9 Å². The van der Waals surface area contributed by atoms with Crippen LogP contribution >= 0.6 is 0 Å². The molecule has 158 valence electrons. The van der Waals surface area contributed by atoms with E-state index >= 15 is 0 Å². The number of alkyl halides is 2. The van der Waals surface area contributed by atoms with Crippen LogP contribution in [0.25, 0.3) is 0 Å². The molecule has 1 N–H and O–H groups in total. The van der Waals surface area contributed by atoms with Crippen molar-refractivity contribution in [2.24, 2.45) is 0 Å². The van der Waals surface area contributed by atoms with Gasteiger partial charge in [-0.3, -0.25) is 14.7 Å². The SMILES string of the molecule is CN1CCN(S(=O)(=O)c2ccc(NCc3nccn3C(F)F)c([N+](=O)[O-])c2)CC1. The summed E-state index contributed by atoms with van der Waals surface area (Å²) in [6.45, 7) is -1.26. The van der Waals surface area contributed by atoms with Crippen molar-refractivity contribution in [3.8, 4) is 0 Å². The monoisotopic (exact) mass is 430 g/mol. The fourth-order valence-electron chi connectivity index (χ4n) is 2.98. The van der Waals surface area contributed by atoms with Crippen LogP contribution in [0.1, 0.15) is 12.4 Å². The van der Waals surface area contributed by atoms with Crippen molar-refractivity contribution in [2.45, 2.75) is 18.0 Å². The topological polar surface area (TPSA) is 114 Å². The number of nitrogens with one attached hydrogen (secondary N) is 1. The lowest BCUT2D eigenvalue weighted by atomic mass is 10.2. The number of piperazine rings is 1. The second kappa shape index (κ2) is 8.39. The number of nitro groups is 1. The molecule has 0 spiro atoms. The molecule has 0 aliphatic carbocycles. The van der Waals surface area contributed by atoms with Crippen LogP contribution in [-0.2, 0) is 16.6 Å². The highest BCUT2D eigenvalue weighted by molar-refractivity contribution is 7.89. The van der Waals surface area contributed by atoms with Crippen molar-refractivity contribution < 1.29 is 22.1 Å². The summed E-state index contributed by atoms with van der Waals surface area (Å²) in [6.07, 6.45) is 2.30. The number of hydrogen-bond donors (Lipinski definition) is 1. The minimum Gasteiger partial charge on any atom is -0.372 e. The van der Waals surface area contributed by atoms with Crippen LogP contribution < -0.4 is 5.32 Å². The normalized spacial score (nSPS) is 16.3. The number of aromatic nitrogens is 2. The predicted molar refractivity (Wildman–Crippen MR) is 100 cm³/mol. The number of nitrogens with zero attached hydrogens (tertiary/aromatic N) is 5. The summed E-state index contributed by atoms with van der Waals surface area (Å²) in [5.74, 6) is -0.0107. The quantitative estimate of drug-likeness (QED) is 0.526. The average Bonchev–Trinajstić information content (AvgIpc) is 3.15. The molecule has 1 aromatic heterocycles. The van der Waals surface area contributed by atoms with Gasteiger partial charge in [-0.15, -0.1) is 0 Å². The first-order valence-corrected chi connectivity index (χ1v) is 10.1. The van der Waals surface area contributed by atoms with E-state index in [1.54, 1.807) is 0 Å². The van der Waals surface area contributed by atoms with Gasteiger partial charge in [-0.1, -0.05) is 0 Å². The van der Waals surface area contributed by atoms with Crippen LogP contribution in [0.4, 0.5) is 20.2 Å². The van der Waals surface area contributed by atoms with E-state index in [1.165, 1.54) is 22.6 Å². The Morgan fingerprint density at radius 2 is 1.97 bits per heavy atom. The van der Waals surface area contributed by atoms with Crippen LogP contribution in [0.15, 0.2) is 35.5 Å². The molecule has 1 aliphatic heterocycles. The molecule has 0 saturated carbocycles. The van der Waals surface area contributed by atoms with Crippen molar-refractivity contribution in [3.63, 3.8) is 0 Å². The van der Waals surface area contributed by atoms with Crippen molar-refractivity contribution in [3.05, 3.63) is 46.5 Å². The van der Waals surface area contributed by atoms with Gasteiger partial charge in [0.2, 0.25) is 10.0 Å². The molecular weight excluding hydrogens is 410 g/mol. The van der Waals surface area contributed by atoms with E-state index in [2.05, 4.69) is 10.3 Å². The zero-order chi connectivity index (χ0) is 21.2. The van der Waals surface area contributed by atoms with E-state index < -0.39 is 27.2 Å². The standard InChI is InChI=1S/C16H20F2N6O4S/c1-21-6-8-22(9-7-21)29(27,28)12-2-3-13(14(10-12)24(25)26)20-11-15-19-4-5-23(15)16(17)18/h2-5,10,16,20H,6-9,11H2,1H3. The van der Waals surface area contributed by atoms with E-state index in [4.69, 9.17) is 0 Å². The summed E-state index contributed by atoms with van der Waals surface area (Å²) in [6, 6.07) is 3.51. The summed E-state index contributed by atoms with van der Waals surface area (Å²) in [4.78, 5) is 16.3. The van der Waals surface area contributed by atoms with Gasteiger partial charge in [0.1, 0.15) is 11.5 Å². The Morgan fingerprint density at radius 3 is 2.59 bits per heavy atom. The third-order valence-corrected chi connectivity index (χ3v) is 6.56. The summed E-state index contributed by atoms with van der Waals surface area (Å²) in [5.41, 5.74) is -0.452. The zero-order valence-corrected chi connectivity index (χ0v) is 16.3. The molecule has 0 amide bonds. The van der Waals surface area contributed by atoms with Crippen molar-refractivity contribution in [1.29, 1.82) is 0 Å². The lowest BCUT2D eigenvalue weighted by molar-refractivity contribution is -0.384. The van der Waals surface area contributed by atoms with Gasteiger partial charge >= 0.3 is 6.55 Å². The Balaban J connectivity index is 1.83. The molecule has 2 aromatic rings. The van der Waals surface area contributed by atoms with Gasteiger partial charge in [0.15, 0.2) is 0 Å². The lowest BCUT2D eigenvalue weighted by Crippen LogP contribution is -2.47. The first kappa shape index (κ1) is 21.1. The first-order chi connectivity index (χ1) is 13.7. The first-order valence-electron chi connectivity index (χ1n) is 8.71. The van der Waals surface area contributed by atoms with Crippen LogP contribution in [-0.4, -0.2) is 65.3 Å². The fourth-order valence-corrected chi connectivity index (χ4v) is 4.43. The summed E-state index contributed by atoms with van der Waals surface area (Å²) in [5, 5.41) is 14.1. The Labute approximate surface area is 165 Å². The van der Waals surface area contributed by atoms with Gasteiger partial charge in [-0.05, 0) is 19.2 Å². The Kier molecular flexibility index (Phi) is 6.10. The summed E-state index contributed by atoms with van der Waals surface area (Å²) < 4.78 is 53.3. The molecule has 3 rings (SSSR count). The summed E-state index contributed by atoms with van der Waals surface area (Å²) in [7, 11) is -1.99. The molecule has 29 heavy (non-hydrogen) atoms.